The summed E-state index contributed by atoms with van der Waals surface area (Å²) in [7, 11) is 1.56. The minimum atomic E-state index is -0.416. The van der Waals surface area contributed by atoms with Gasteiger partial charge in [-0.05, 0) is 61.7 Å². The maximum Gasteiger partial charge on any atom is 0.339 e. The van der Waals surface area contributed by atoms with Crippen molar-refractivity contribution in [2.24, 2.45) is 0 Å². The second kappa shape index (κ2) is 7.96. The summed E-state index contributed by atoms with van der Waals surface area (Å²) in [6.45, 7) is 3.83. The fourth-order valence-corrected chi connectivity index (χ4v) is 3.22. The number of methoxy groups -OCH3 is 1. The molecule has 1 aromatic heterocycles. The van der Waals surface area contributed by atoms with Crippen LogP contribution < -0.4 is 15.7 Å². The molecule has 0 spiro atoms. The average molecular weight is 430 g/mol. The summed E-state index contributed by atoms with van der Waals surface area (Å²) in [5, 5.41) is 3.70. The Morgan fingerprint density at radius 2 is 1.96 bits per heavy atom. The fourth-order valence-electron chi connectivity index (χ4n) is 2.98. The van der Waals surface area contributed by atoms with Gasteiger partial charge in [-0.1, -0.05) is 15.9 Å². The van der Waals surface area contributed by atoms with Crippen LogP contribution in [-0.2, 0) is 11.2 Å². The normalized spacial score (nSPS) is 10.8. The van der Waals surface area contributed by atoms with Crippen molar-refractivity contribution in [3.8, 4) is 5.75 Å². The Kier molecular flexibility index (Phi) is 5.65. The number of fused-ring (bicyclic) bond motifs is 1. The molecule has 0 unspecified atom stereocenters. The Labute approximate surface area is 165 Å². The monoisotopic (exact) mass is 429 g/mol. The van der Waals surface area contributed by atoms with Crippen LogP contribution in [0.25, 0.3) is 11.0 Å². The van der Waals surface area contributed by atoms with Gasteiger partial charge in [0.05, 0.1) is 7.11 Å². The molecule has 0 bridgehead atoms. The van der Waals surface area contributed by atoms with Gasteiger partial charge in [-0.3, -0.25) is 4.79 Å². The Bertz CT molecular complexity index is 1070. The van der Waals surface area contributed by atoms with Gasteiger partial charge in [0.1, 0.15) is 11.3 Å². The van der Waals surface area contributed by atoms with E-state index in [0.29, 0.717) is 23.3 Å². The van der Waals surface area contributed by atoms with E-state index in [1.165, 1.54) is 0 Å². The van der Waals surface area contributed by atoms with E-state index in [9.17, 15) is 9.59 Å². The first-order valence-corrected chi connectivity index (χ1v) is 9.34. The lowest BCUT2D eigenvalue weighted by molar-refractivity contribution is -0.116. The van der Waals surface area contributed by atoms with E-state index in [0.717, 1.165) is 26.7 Å². The number of nitrogens with one attached hydrogen (secondary N) is 1. The van der Waals surface area contributed by atoms with Gasteiger partial charge in [-0.2, -0.15) is 0 Å². The minimum Gasteiger partial charge on any atom is -0.497 e. The Balaban J connectivity index is 1.77. The lowest BCUT2D eigenvalue weighted by atomic mass is 10.0. The van der Waals surface area contributed by atoms with Gasteiger partial charge in [0, 0.05) is 33.6 Å². The first-order valence-electron chi connectivity index (χ1n) is 8.55. The molecule has 2 aromatic carbocycles. The third kappa shape index (κ3) is 4.22. The van der Waals surface area contributed by atoms with Crippen LogP contribution >= 0.6 is 15.9 Å². The van der Waals surface area contributed by atoms with Gasteiger partial charge in [0.2, 0.25) is 5.91 Å². The number of halogens is 1. The number of rotatable bonds is 5. The van der Waals surface area contributed by atoms with Gasteiger partial charge >= 0.3 is 5.63 Å². The fraction of sp³-hybridized carbons (Fsp3) is 0.238. The van der Waals surface area contributed by atoms with Crippen LogP contribution in [0.15, 0.2) is 50.1 Å². The molecule has 0 saturated heterocycles. The topological polar surface area (TPSA) is 68.5 Å². The highest BCUT2D eigenvalue weighted by Crippen LogP contribution is 2.25. The van der Waals surface area contributed by atoms with Gasteiger partial charge < -0.3 is 14.5 Å². The van der Waals surface area contributed by atoms with Crippen LogP contribution in [0.2, 0.25) is 0 Å². The smallest absolute Gasteiger partial charge is 0.339 e. The molecule has 0 radical (unpaired) electrons. The van der Waals surface area contributed by atoms with E-state index in [1.807, 2.05) is 44.2 Å². The summed E-state index contributed by atoms with van der Waals surface area (Å²) in [5.41, 5.74) is 3.19. The van der Waals surface area contributed by atoms with Gasteiger partial charge in [0.15, 0.2) is 0 Å². The van der Waals surface area contributed by atoms with Crippen molar-refractivity contribution < 1.29 is 13.9 Å². The maximum atomic E-state index is 12.4. The third-order valence-corrected chi connectivity index (χ3v) is 5.43. The molecule has 0 aliphatic heterocycles. The van der Waals surface area contributed by atoms with E-state index in [-0.39, 0.29) is 12.3 Å². The predicted molar refractivity (Wildman–Crippen MR) is 110 cm³/mol. The molecule has 6 heteroatoms. The van der Waals surface area contributed by atoms with Crippen LogP contribution in [0.4, 0.5) is 5.69 Å². The lowest BCUT2D eigenvalue weighted by Gasteiger charge is -2.10. The minimum absolute atomic E-state index is 0.148. The Morgan fingerprint density at radius 3 is 2.67 bits per heavy atom. The molecule has 3 aromatic rings. The van der Waals surface area contributed by atoms with Gasteiger partial charge in [0.25, 0.3) is 0 Å². The third-order valence-electron chi connectivity index (χ3n) is 4.54. The number of anilines is 1. The summed E-state index contributed by atoms with van der Waals surface area (Å²) in [5.74, 6) is 0.479. The zero-order valence-electron chi connectivity index (χ0n) is 15.4. The zero-order valence-corrected chi connectivity index (χ0v) is 17.0. The van der Waals surface area contributed by atoms with Crippen LogP contribution in [0.1, 0.15) is 23.1 Å². The van der Waals surface area contributed by atoms with E-state index < -0.39 is 5.63 Å². The number of hydrogen-bond acceptors (Lipinski definition) is 4. The molecule has 140 valence electrons. The number of carbonyl (C=O) groups is 1. The van der Waals surface area contributed by atoms with E-state index in [4.69, 9.17) is 9.15 Å². The molecule has 0 aliphatic carbocycles. The highest BCUT2D eigenvalue weighted by Gasteiger charge is 2.14. The van der Waals surface area contributed by atoms with Crippen molar-refractivity contribution in [2.75, 3.05) is 12.4 Å². The quantitative estimate of drug-likeness (QED) is 0.593. The molecule has 5 nitrogen and oxygen atoms in total. The van der Waals surface area contributed by atoms with Crippen molar-refractivity contribution >= 4 is 38.5 Å². The van der Waals surface area contributed by atoms with Gasteiger partial charge in [-0.15, -0.1) is 0 Å². The number of carbonyl (C=O) groups excluding carboxylic acids is 1. The molecule has 1 N–H and O–H groups in total. The second-order valence-corrected chi connectivity index (χ2v) is 7.22. The van der Waals surface area contributed by atoms with Crippen molar-refractivity contribution in [1.29, 1.82) is 0 Å². The van der Waals surface area contributed by atoms with Crippen LogP contribution in [0.5, 0.6) is 5.75 Å². The highest BCUT2D eigenvalue weighted by atomic mass is 79.9. The average Bonchev–Trinajstić information content (AvgIpc) is 2.64. The standard InChI is InChI=1S/C21H20BrNO4/c1-12-10-14(4-8-18(12)22)23-20(24)9-7-17-13(2)16-6-5-15(26-3)11-19(16)27-21(17)25/h4-6,8,10-11H,7,9H2,1-3H3,(H,23,24). The van der Waals surface area contributed by atoms with Crippen LogP contribution in [0.3, 0.4) is 0 Å². The number of ether oxygens (including phenoxy) is 1. The summed E-state index contributed by atoms with van der Waals surface area (Å²) in [4.78, 5) is 24.6. The Morgan fingerprint density at radius 1 is 1.19 bits per heavy atom. The molecule has 0 saturated carbocycles. The maximum absolute atomic E-state index is 12.4. The second-order valence-electron chi connectivity index (χ2n) is 6.37. The molecule has 1 amide bonds. The van der Waals surface area contributed by atoms with Crippen molar-refractivity contribution in [1.82, 2.24) is 0 Å². The molecular weight excluding hydrogens is 410 g/mol. The zero-order chi connectivity index (χ0) is 19.6. The van der Waals surface area contributed by atoms with Crippen molar-refractivity contribution in [2.45, 2.75) is 26.7 Å². The van der Waals surface area contributed by atoms with Crippen molar-refractivity contribution in [3.63, 3.8) is 0 Å². The van der Waals surface area contributed by atoms with Crippen LogP contribution in [0, 0.1) is 13.8 Å². The largest absolute Gasteiger partial charge is 0.497 e. The molecule has 1 heterocycles. The lowest BCUT2D eigenvalue weighted by Crippen LogP contribution is -2.16. The molecule has 27 heavy (non-hydrogen) atoms. The number of amides is 1. The first kappa shape index (κ1) is 19.2. The molecular formula is C21H20BrNO4. The summed E-state index contributed by atoms with van der Waals surface area (Å²) in [6.07, 6.45) is 0.514. The predicted octanol–water partition coefficient (Wildman–Crippen LogP) is 4.75. The molecule has 0 fully saturated rings. The molecule has 0 aliphatic rings. The number of benzene rings is 2. The van der Waals surface area contributed by atoms with Gasteiger partial charge in [-0.25, -0.2) is 4.79 Å². The van der Waals surface area contributed by atoms with Crippen molar-refractivity contribution in [3.05, 3.63) is 68.0 Å². The molecule has 0 atom stereocenters. The summed E-state index contributed by atoms with van der Waals surface area (Å²) in [6, 6.07) is 11.0. The number of aryl methyl sites for hydroxylation is 2. The van der Waals surface area contributed by atoms with Crippen LogP contribution in [-0.4, -0.2) is 13.0 Å². The highest BCUT2D eigenvalue weighted by molar-refractivity contribution is 9.10. The van der Waals surface area contributed by atoms with E-state index in [2.05, 4.69) is 21.2 Å². The summed E-state index contributed by atoms with van der Waals surface area (Å²) < 4.78 is 11.6. The SMILES string of the molecule is COc1ccc2c(C)c(CCC(=O)Nc3ccc(Br)c(C)c3)c(=O)oc2c1. The van der Waals surface area contributed by atoms with E-state index >= 15 is 0 Å². The first-order chi connectivity index (χ1) is 12.9. The Hall–Kier alpha value is -2.60. The molecule has 3 rings (SSSR count). The number of hydrogen-bond donors (Lipinski definition) is 1. The van der Waals surface area contributed by atoms with E-state index in [1.54, 1.807) is 13.2 Å². The summed E-state index contributed by atoms with van der Waals surface area (Å²) >= 11 is 3.44.